The molecule has 28 heavy (non-hydrogen) atoms. The average molecular weight is 377 g/mol. The molecule has 3 aromatic rings. The van der Waals surface area contributed by atoms with Crippen molar-refractivity contribution in [2.75, 3.05) is 18.5 Å². The van der Waals surface area contributed by atoms with E-state index >= 15 is 0 Å². The highest BCUT2D eigenvalue weighted by atomic mass is 16.6. The van der Waals surface area contributed by atoms with Gasteiger partial charge in [0.15, 0.2) is 11.5 Å². The molecular weight excluding hydrogens is 354 g/mol. The number of aromatic nitrogens is 2. The summed E-state index contributed by atoms with van der Waals surface area (Å²) in [5.74, 6) is 2.18. The molecule has 1 amide bonds. The van der Waals surface area contributed by atoms with Gasteiger partial charge in [-0.15, -0.1) is 0 Å². The number of hydrogen-bond acceptors (Lipinski definition) is 4. The van der Waals surface area contributed by atoms with Crippen LogP contribution >= 0.6 is 0 Å². The Bertz CT molecular complexity index is 981. The number of fused-ring (bicyclic) bond motifs is 1. The van der Waals surface area contributed by atoms with Crippen LogP contribution < -0.4 is 14.8 Å². The molecule has 0 saturated carbocycles. The molecule has 2 aromatic carbocycles. The second-order valence-electron chi connectivity index (χ2n) is 6.89. The third kappa shape index (κ3) is 4.34. The molecule has 0 saturated heterocycles. The van der Waals surface area contributed by atoms with Crippen molar-refractivity contribution < 1.29 is 14.3 Å². The molecule has 0 spiro atoms. The lowest BCUT2D eigenvalue weighted by molar-refractivity contribution is -0.116. The summed E-state index contributed by atoms with van der Waals surface area (Å²) in [4.78, 5) is 12.4. The van der Waals surface area contributed by atoms with Crippen LogP contribution in [-0.2, 0) is 17.8 Å². The van der Waals surface area contributed by atoms with E-state index in [2.05, 4.69) is 35.5 Å². The number of hydrogen-bond donors (Lipinski definition) is 1. The number of aryl methyl sites for hydroxylation is 2. The van der Waals surface area contributed by atoms with Gasteiger partial charge in [-0.2, -0.15) is 5.10 Å². The van der Waals surface area contributed by atoms with Crippen LogP contribution in [-0.4, -0.2) is 28.9 Å². The Kier molecular flexibility index (Phi) is 5.28. The number of ether oxygens (including phenoxy) is 2. The fraction of sp³-hybridized carbons (Fsp3) is 0.273. The molecule has 144 valence electrons. The second kappa shape index (κ2) is 8.17. The van der Waals surface area contributed by atoms with Crippen LogP contribution in [0.2, 0.25) is 0 Å². The number of anilines is 1. The molecular formula is C22H23N3O3. The quantitative estimate of drug-likeness (QED) is 0.713. The Labute approximate surface area is 164 Å². The zero-order valence-electron chi connectivity index (χ0n) is 15.9. The van der Waals surface area contributed by atoms with E-state index in [1.165, 1.54) is 5.56 Å². The van der Waals surface area contributed by atoms with Crippen LogP contribution in [0.25, 0.3) is 0 Å². The lowest BCUT2D eigenvalue weighted by atomic mass is 10.1. The summed E-state index contributed by atoms with van der Waals surface area (Å²) >= 11 is 0. The predicted molar refractivity (Wildman–Crippen MR) is 107 cm³/mol. The van der Waals surface area contributed by atoms with E-state index in [-0.39, 0.29) is 5.91 Å². The van der Waals surface area contributed by atoms with Gasteiger partial charge in [0, 0.05) is 12.5 Å². The first-order chi connectivity index (χ1) is 13.7. The number of nitrogens with one attached hydrogen (secondary N) is 1. The van der Waals surface area contributed by atoms with Crippen LogP contribution in [0.5, 0.6) is 11.5 Å². The minimum atomic E-state index is -0.0409. The van der Waals surface area contributed by atoms with Crippen molar-refractivity contribution in [2.45, 2.75) is 26.3 Å². The smallest absolute Gasteiger partial charge is 0.225 e. The maximum absolute atomic E-state index is 12.4. The van der Waals surface area contributed by atoms with Gasteiger partial charge in [0.2, 0.25) is 5.91 Å². The van der Waals surface area contributed by atoms with Gasteiger partial charge in [-0.05, 0) is 36.6 Å². The molecule has 0 fully saturated rings. The Balaban J connectivity index is 1.35. The Morgan fingerprint density at radius 3 is 2.79 bits per heavy atom. The largest absolute Gasteiger partial charge is 0.486 e. The molecule has 1 N–H and O–H groups in total. The first kappa shape index (κ1) is 18.1. The summed E-state index contributed by atoms with van der Waals surface area (Å²) in [6.07, 6.45) is 2.72. The van der Waals surface area contributed by atoms with Crippen molar-refractivity contribution in [1.29, 1.82) is 0 Å². The second-order valence-corrected chi connectivity index (χ2v) is 6.89. The Morgan fingerprint density at radius 1 is 1.07 bits per heavy atom. The van der Waals surface area contributed by atoms with Crippen LogP contribution in [0, 0.1) is 6.92 Å². The lowest BCUT2D eigenvalue weighted by Crippen LogP contribution is -2.17. The molecule has 1 aliphatic heterocycles. The van der Waals surface area contributed by atoms with Crippen molar-refractivity contribution in [3.8, 4) is 11.5 Å². The summed E-state index contributed by atoms with van der Waals surface area (Å²) < 4.78 is 12.9. The number of rotatable bonds is 6. The van der Waals surface area contributed by atoms with Gasteiger partial charge in [0.1, 0.15) is 19.0 Å². The minimum Gasteiger partial charge on any atom is -0.486 e. The molecule has 4 rings (SSSR count). The zero-order chi connectivity index (χ0) is 19.3. The predicted octanol–water partition coefficient (Wildman–Crippen LogP) is 3.58. The van der Waals surface area contributed by atoms with Crippen molar-refractivity contribution in [1.82, 2.24) is 9.78 Å². The lowest BCUT2D eigenvalue weighted by Gasteiger charge is -2.18. The minimum absolute atomic E-state index is 0.0409. The highest BCUT2D eigenvalue weighted by Gasteiger charge is 2.13. The van der Waals surface area contributed by atoms with E-state index in [0.29, 0.717) is 38.4 Å². The molecule has 0 bridgehead atoms. The molecule has 6 nitrogen and oxygen atoms in total. The first-order valence-corrected chi connectivity index (χ1v) is 9.43. The molecule has 0 aliphatic carbocycles. The fourth-order valence-electron chi connectivity index (χ4n) is 3.25. The summed E-state index contributed by atoms with van der Waals surface area (Å²) in [5, 5.41) is 7.30. The molecule has 2 heterocycles. The third-order valence-electron chi connectivity index (χ3n) is 4.65. The van der Waals surface area contributed by atoms with Crippen LogP contribution in [0.3, 0.4) is 0 Å². The highest BCUT2D eigenvalue weighted by Crippen LogP contribution is 2.31. The topological polar surface area (TPSA) is 65.4 Å². The van der Waals surface area contributed by atoms with E-state index in [4.69, 9.17) is 9.47 Å². The Hall–Kier alpha value is -3.28. The molecule has 0 radical (unpaired) electrons. The molecule has 1 aliphatic rings. The number of benzene rings is 2. The van der Waals surface area contributed by atoms with Crippen molar-refractivity contribution in [3.63, 3.8) is 0 Å². The molecule has 6 heteroatoms. The summed E-state index contributed by atoms with van der Waals surface area (Å²) in [5.41, 5.74) is 3.40. The molecule has 0 unspecified atom stereocenters. The average Bonchev–Trinajstić information content (AvgIpc) is 3.12. The van der Waals surface area contributed by atoms with E-state index in [9.17, 15) is 4.79 Å². The van der Waals surface area contributed by atoms with E-state index in [1.54, 1.807) is 10.9 Å². The van der Waals surface area contributed by atoms with Crippen molar-refractivity contribution >= 4 is 11.7 Å². The van der Waals surface area contributed by atoms with Gasteiger partial charge in [-0.25, -0.2) is 4.68 Å². The van der Waals surface area contributed by atoms with Gasteiger partial charge >= 0.3 is 0 Å². The highest BCUT2D eigenvalue weighted by molar-refractivity contribution is 5.90. The van der Waals surface area contributed by atoms with E-state index in [0.717, 1.165) is 22.6 Å². The SMILES string of the molecule is Cc1cccc(Cn2nccc2NC(=O)CCc2ccc3c(c2)OCCO3)c1. The van der Waals surface area contributed by atoms with Crippen molar-refractivity contribution in [2.24, 2.45) is 0 Å². The number of carbonyl (C=O) groups is 1. The summed E-state index contributed by atoms with van der Waals surface area (Å²) in [7, 11) is 0. The maximum Gasteiger partial charge on any atom is 0.225 e. The molecule has 1 aromatic heterocycles. The molecule has 0 atom stereocenters. The zero-order valence-corrected chi connectivity index (χ0v) is 15.9. The van der Waals surface area contributed by atoms with Gasteiger partial charge in [0.25, 0.3) is 0 Å². The number of nitrogens with zero attached hydrogens (tertiary/aromatic N) is 2. The van der Waals surface area contributed by atoms with E-state index in [1.807, 2.05) is 30.3 Å². The maximum atomic E-state index is 12.4. The number of amides is 1. The van der Waals surface area contributed by atoms with Gasteiger partial charge in [-0.3, -0.25) is 4.79 Å². The Morgan fingerprint density at radius 2 is 1.93 bits per heavy atom. The third-order valence-corrected chi connectivity index (χ3v) is 4.65. The normalized spacial score (nSPS) is 12.6. The van der Waals surface area contributed by atoms with Gasteiger partial charge in [0.05, 0.1) is 12.7 Å². The summed E-state index contributed by atoms with van der Waals surface area (Å²) in [6, 6.07) is 15.9. The van der Waals surface area contributed by atoms with Crippen LogP contribution in [0.15, 0.2) is 54.7 Å². The van der Waals surface area contributed by atoms with Crippen molar-refractivity contribution in [3.05, 3.63) is 71.4 Å². The van der Waals surface area contributed by atoms with E-state index < -0.39 is 0 Å². The van der Waals surface area contributed by atoms with Gasteiger partial charge < -0.3 is 14.8 Å². The van der Waals surface area contributed by atoms with Crippen LogP contribution in [0.4, 0.5) is 5.82 Å². The standard InChI is InChI=1S/C22H23N3O3/c1-16-3-2-4-18(13-16)15-25-21(9-10-23-25)24-22(26)8-6-17-5-7-19-20(14-17)28-12-11-27-19/h2-5,7,9-10,13-14H,6,8,11-12,15H2,1H3,(H,24,26). The monoisotopic (exact) mass is 377 g/mol. The van der Waals surface area contributed by atoms with Crippen LogP contribution in [0.1, 0.15) is 23.1 Å². The summed E-state index contributed by atoms with van der Waals surface area (Å²) in [6.45, 7) is 3.81. The first-order valence-electron chi connectivity index (χ1n) is 9.43. The van der Waals surface area contributed by atoms with Gasteiger partial charge in [-0.1, -0.05) is 35.9 Å². The number of carbonyl (C=O) groups excluding carboxylic acids is 1. The fourth-order valence-corrected chi connectivity index (χ4v) is 3.25.